The lowest BCUT2D eigenvalue weighted by Gasteiger charge is -2.24. The van der Waals surface area contributed by atoms with Crippen molar-refractivity contribution in [2.45, 2.75) is 39.7 Å². The first kappa shape index (κ1) is 18.2. The van der Waals surface area contributed by atoms with E-state index < -0.39 is 5.60 Å². The highest BCUT2D eigenvalue weighted by Crippen LogP contribution is 2.25. The standard InChI is InChI=1S/C20H25N3O3/c1-13-8-9-14-6-5-7-16(17(14)21-13)22-18(24)15-10-11-23(12-15)19(25)26-20(2,3)4/h5-9,15H,10-12H2,1-4H3,(H,22,24). The predicted octanol–water partition coefficient (Wildman–Crippen LogP) is 3.74. The summed E-state index contributed by atoms with van der Waals surface area (Å²) in [4.78, 5) is 31.0. The number of nitrogens with one attached hydrogen (secondary N) is 1. The molecule has 1 unspecified atom stereocenters. The molecule has 0 radical (unpaired) electrons. The van der Waals surface area contributed by atoms with Crippen molar-refractivity contribution in [2.75, 3.05) is 18.4 Å². The third kappa shape index (κ3) is 4.12. The summed E-state index contributed by atoms with van der Waals surface area (Å²) in [5, 5.41) is 3.96. The van der Waals surface area contributed by atoms with Crippen molar-refractivity contribution in [3.8, 4) is 0 Å². The SMILES string of the molecule is Cc1ccc2cccc(NC(=O)C3CCN(C(=O)OC(C)(C)C)C3)c2n1. The monoisotopic (exact) mass is 355 g/mol. The summed E-state index contributed by atoms with van der Waals surface area (Å²) in [7, 11) is 0. The van der Waals surface area contributed by atoms with Crippen molar-refractivity contribution in [3.05, 3.63) is 36.0 Å². The van der Waals surface area contributed by atoms with Crippen LogP contribution in [0.2, 0.25) is 0 Å². The number of pyridine rings is 1. The molecule has 6 nitrogen and oxygen atoms in total. The summed E-state index contributed by atoms with van der Waals surface area (Å²) in [5.74, 6) is -0.338. The molecule has 1 atom stereocenters. The van der Waals surface area contributed by atoms with E-state index in [1.54, 1.807) is 4.90 Å². The van der Waals surface area contributed by atoms with Crippen LogP contribution in [0.3, 0.4) is 0 Å². The Morgan fingerprint density at radius 2 is 2.00 bits per heavy atom. The molecule has 3 rings (SSSR count). The van der Waals surface area contributed by atoms with Crippen molar-refractivity contribution in [1.82, 2.24) is 9.88 Å². The fourth-order valence-corrected chi connectivity index (χ4v) is 3.05. The van der Waals surface area contributed by atoms with E-state index in [1.807, 2.05) is 58.0 Å². The van der Waals surface area contributed by atoms with Gasteiger partial charge in [0.2, 0.25) is 5.91 Å². The Balaban J connectivity index is 1.68. The van der Waals surface area contributed by atoms with Crippen LogP contribution in [0.1, 0.15) is 32.9 Å². The molecule has 2 aromatic rings. The molecule has 1 aromatic heterocycles. The number of rotatable bonds is 2. The Morgan fingerprint density at radius 3 is 2.73 bits per heavy atom. The smallest absolute Gasteiger partial charge is 0.410 e. The highest BCUT2D eigenvalue weighted by atomic mass is 16.6. The second kappa shape index (κ2) is 6.94. The summed E-state index contributed by atoms with van der Waals surface area (Å²) in [5.41, 5.74) is 1.84. The summed E-state index contributed by atoms with van der Waals surface area (Å²) in [6.07, 6.45) is 0.262. The molecule has 0 saturated carbocycles. The van der Waals surface area contributed by atoms with Gasteiger partial charge >= 0.3 is 6.09 Å². The van der Waals surface area contributed by atoms with E-state index in [4.69, 9.17) is 4.74 Å². The van der Waals surface area contributed by atoms with Crippen molar-refractivity contribution < 1.29 is 14.3 Å². The van der Waals surface area contributed by atoms with E-state index >= 15 is 0 Å². The van der Waals surface area contributed by atoms with Crippen LogP contribution in [0.25, 0.3) is 10.9 Å². The Labute approximate surface area is 153 Å². The van der Waals surface area contributed by atoms with E-state index in [2.05, 4.69) is 10.3 Å². The van der Waals surface area contributed by atoms with Gasteiger partial charge in [-0.3, -0.25) is 9.78 Å². The van der Waals surface area contributed by atoms with E-state index in [-0.39, 0.29) is 17.9 Å². The summed E-state index contributed by atoms with van der Waals surface area (Å²) in [6, 6.07) is 9.66. The minimum atomic E-state index is -0.538. The van der Waals surface area contributed by atoms with Gasteiger partial charge in [0.05, 0.1) is 17.1 Å². The second-order valence-electron chi connectivity index (χ2n) is 7.73. The second-order valence-corrected chi connectivity index (χ2v) is 7.73. The number of ether oxygens (including phenoxy) is 1. The number of nitrogens with zero attached hydrogens (tertiary/aromatic N) is 2. The molecule has 2 heterocycles. The van der Waals surface area contributed by atoms with Crippen molar-refractivity contribution in [1.29, 1.82) is 0 Å². The third-order valence-electron chi connectivity index (χ3n) is 4.33. The molecule has 0 spiro atoms. The van der Waals surface area contributed by atoms with Crippen molar-refractivity contribution >= 4 is 28.6 Å². The lowest BCUT2D eigenvalue weighted by atomic mass is 10.1. The van der Waals surface area contributed by atoms with E-state index in [9.17, 15) is 9.59 Å². The lowest BCUT2D eigenvalue weighted by Crippen LogP contribution is -2.36. The number of para-hydroxylation sites is 1. The molecule has 1 aromatic carbocycles. The number of aryl methyl sites for hydroxylation is 1. The quantitative estimate of drug-likeness (QED) is 0.891. The number of benzene rings is 1. The number of likely N-dealkylation sites (tertiary alicyclic amines) is 1. The molecular formula is C20H25N3O3. The van der Waals surface area contributed by atoms with Gasteiger partial charge in [-0.25, -0.2) is 4.79 Å². The van der Waals surface area contributed by atoms with Gasteiger partial charge in [0, 0.05) is 24.2 Å². The highest BCUT2D eigenvalue weighted by Gasteiger charge is 2.33. The van der Waals surface area contributed by atoms with Gasteiger partial charge in [0.1, 0.15) is 5.60 Å². The maximum Gasteiger partial charge on any atom is 0.410 e. The average molecular weight is 355 g/mol. The fourth-order valence-electron chi connectivity index (χ4n) is 3.05. The van der Waals surface area contributed by atoms with Gasteiger partial charge in [-0.05, 0) is 46.2 Å². The fraction of sp³-hybridized carbons (Fsp3) is 0.450. The minimum Gasteiger partial charge on any atom is -0.444 e. The zero-order valence-corrected chi connectivity index (χ0v) is 15.7. The molecule has 1 N–H and O–H groups in total. The molecule has 26 heavy (non-hydrogen) atoms. The molecule has 1 saturated heterocycles. The molecule has 1 aliphatic rings. The summed E-state index contributed by atoms with van der Waals surface area (Å²) < 4.78 is 5.38. The molecule has 2 amide bonds. The Bertz CT molecular complexity index is 842. The first-order valence-electron chi connectivity index (χ1n) is 8.88. The van der Waals surface area contributed by atoms with Gasteiger partial charge in [-0.2, -0.15) is 0 Å². The Hall–Kier alpha value is -2.63. The van der Waals surface area contributed by atoms with Crippen molar-refractivity contribution in [2.24, 2.45) is 5.92 Å². The first-order valence-corrected chi connectivity index (χ1v) is 8.88. The molecule has 138 valence electrons. The number of hydrogen-bond donors (Lipinski definition) is 1. The summed E-state index contributed by atoms with van der Waals surface area (Å²) >= 11 is 0. The largest absolute Gasteiger partial charge is 0.444 e. The van der Waals surface area contributed by atoms with Gasteiger partial charge < -0.3 is 15.0 Å². The number of carbonyl (C=O) groups excluding carboxylic acids is 2. The first-order chi connectivity index (χ1) is 12.2. The maximum absolute atomic E-state index is 12.7. The van der Waals surface area contributed by atoms with Crippen LogP contribution in [0.4, 0.5) is 10.5 Å². The van der Waals surface area contributed by atoms with Gasteiger partial charge in [0.25, 0.3) is 0 Å². The number of fused-ring (bicyclic) bond motifs is 1. The zero-order valence-electron chi connectivity index (χ0n) is 15.7. The van der Waals surface area contributed by atoms with Crippen LogP contribution in [-0.4, -0.2) is 40.6 Å². The average Bonchev–Trinajstić information content (AvgIpc) is 3.04. The predicted molar refractivity (Wildman–Crippen MR) is 101 cm³/mol. The lowest BCUT2D eigenvalue weighted by molar-refractivity contribution is -0.119. The molecule has 0 bridgehead atoms. The molecule has 1 aliphatic heterocycles. The number of anilines is 1. The van der Waals surface area contributed by atoms with Gasteiger partial charge in [-0.15, -0.1) is 0 Å². The highest BCUT2D eigenvalue weighted by molar-refractivity contribution is 6.01. The minimum absolute atomic E-state index is 0.0909. The van der Waals surface area contributed by atoms with E-state index in [0.29, 0.717) is 25.2 Å². The van der Waals surface area contributed by atoms with E-state index in [1.165, 1.54) is 0 Å². The topological polar surface area (TPSA) is 71.5 Å². The Kier molecular flexibility index (Phi) is 4.85. The van der Waals surface area contributed by atoms with Gasteiger partial charge in [0.15, 0.2) is 0 Å². The van der Waals surface area contributed by atoms with Gasteiger partial charge in [-0.1, -0.05) is 18.2 Å². The normalized spacial score (nSPS) is 17.4. The molecule has 0 aliphatic carbocycles. The van der Waals surface area contributed by atoms with Crippen LogP contribution < -0.4 is 5.32 Å². The third-order valence-corrected chi connectivity index (χ3v) is 4.33. The van der Waals surface area contributed by atoms with Crippen LogP contribution >= 0.6 is 0 Å². The molecule has 6 heteroatoms. The van der Waals surface area contributed by atoms with Crippen LogP contribution in [-0.2, 0) is 9.53 Å². The maximum atomic E-state index is 12.7. The number of hydrogen-bond acceptors (Lipinski definition) is 4. The van der Waals surface area contributed by atoms with Crippen LogP contribution in [0.5, 0.6) is 0 Å². The number of carbonyl (C=O) groups is 2. The Morgan fingerprint density at radius 1 is 1.23 bits per heavy atom. The van der Waals surface area contributed by atoms with E-state index in [0.717, 1.165) is 16.6 Å². The van der Waals surface area contributed by atoms with Crippen LogP contribution in [0.15, 0.2) is 30.3 Å². The number of aromatic nitrogens is 1. The molecular weight excluding hydrogens is 330 g/mol. The summed E-state index contributed by atoms with van der Waals surface area (Å²) in [6.45, 7) is 8.33. The van der Waals surface area contributed by atoms with Crippen LogP contribution in [0, 0.1) is 12.8 Å². The zero-order chi connectivity index (χ0) is 18.9. The number of amides is 2. The molecule has 1 fully saturated rings. The van der Waals surface area contributed by atoms with Crippen molar-refractivity contribution in [3.63, 3.8) is 0 Å².